The van der Waals surface area contributed by atoms with Crippen molar-refractivity contribution in [3.05, 3.63) is 40.5 Å². The number of amides is 1. The Morgan fingerprint density at radius 1 is 1.33 bits per heavy atom. The predicted octanol–water partition coefficient (Wildman–Crippen LogP) is 2.88. The van der Waals surface area contributed by atoms with E-state index in [2.05, 4.69) is 15.5 Å². The summed E-state index contributed by atoms with van der Waals surface area (Å²) >= 11 is 5.84. The van der Waals surface area contributed by atoms with Crippen molar-refractivity contribution in [1.82, 2.24) is 10.1 Å². The summed E-state index contributed by atoms with van der Waals surface area (Å²) in [5.74, 6) is -0.143. The van der Waals surface area contributed by atoms with Crippen molar-refractivity contribution >= 4 is 35.4 Å². The average Bonchev–Trinajstić information content (AvgIpc) is 2.97. The van der Waals surface area contributed by atoms with E-state index in [0.717, 1.165) is 13.1 Å². The Labute approximate surface area is 144 Å². The van der Waals surface area contributed by atoms with Crippen LogP contribution in [0.15, 0.2) is 33.8 Å². The van der Waals surface area contributed by atoms with Crippen molar-refractivity contribution in [1.29, 1.82) is 0 Å². The summed E-state index contributed by atoms with van der Waals surface area (Å²) in [6.45, 7) is 4.52. The fourth-order valence-corrected chi connectivity index (χ4v) is 2.39. The molecule has 0 spiro atoms. The third-order valence-electron chi connectivity index (χ3n) is 3.56. The number of benzene rings is 1. The highest BCUT2D eigenvalue weighted by atomic mass is 35.5. The Morgan fingerprint density at radius 2 is 2.04 bits per heavy atom. The SMILES string of the molecule is Cc1noc(/N=C/N2CCOCC2)c1C(=O)Nc1ccc(Cl)cc1. The Balaban J connectivity index is 1.74. The second kappa shape index (κ2) is 7.46. The number of hydrogen-bond donors (Lipinski definition) is 1. The summed E-state index contributed by atoms with van der Waals surface area (Å²) < 4.78 is 10.5. The number of morpholine rings is 1. The zero-order chi connectivity index (χ0) is 16.9. The van der Waals surface area contributed by atoms with Gasteiger partial charge in [0, 0.05) is 23.8 Å². The van der Waals surface area contributed by atoms with Crippen LogP contribution in [0.4, 0.5) is 11.6 Å². The first-order valence-corrected chi connectivity index (χ1v) is 7.90. The number of rotatable bonds is 4. The van der Waals surface area contributed by atoms with Crippen LogP contribution < -0.4 is 5.32 Å². The number of nitrogens with one attached hydrogen (secondary N) is 1. The highest BCUT2D eigenvalue weighted by molar-refractivity contribution is 6.30. The van der Waals surface area contributed by atoms with Crippen LogP contribution >= 0.6 is 11.6 Å². The number of aryl methyl sites for hydroxylation is 1. The standard InChI is InChI=1S/C16H17ClN4O3/c1-11-14(15(22)19-13-4-2-12(17)3-5-13)16(24-20-11)18-10-21-6-8-23-9-7-21/h2-5,10H,6-9H2,1H3,(H,19,22)/b18-10+. The van der Waals surface area contributed by atoms with Crippen molar-refractivity contribution in [3.63, 3.8) is 0 Å². The number of hydrogen-bond acceptors (Lipinski definition) is 5. The zero-order valence-electron chi connectivity index (χ0n) is 13.2. The number of ether oxygens (including phenoxy) is 1. The monoisotopic (exact) mass is 348 g/mol. The maximum absolute atomic E-state index is 12.5. The van der Waals surface area contributed by atoms with Crippen molar-refractivity contribution < 1.29 is 14.1 Å². The van der Waals surface area contributed by atoms with Gasteiger partial charge in [-0.05, 0) is 31.2 Å². The van der Waals surface area contributed by atoms with Crippen molar-refractivity contribution in [2.24, 2.45) is 4.99 Å². The van der Waals surface area contributed by atoms with E-state index in [1.807, 2.05) is 4.90 Å². The lowest BCUT2D eigenvalue weighted by atomic mass is 10.2. The molecule has 0 bridgehead atoms. The summed E-state index contributed by atoms with van der Waals surface area (Å²) in [7, 11) is 0. The number of aromatic nitrogens is 1. The van der Waals surface area contributed by atoms with Crippen LogP contribution in [0.3, 0.4) is 0 Å². The smallest absolute Gasteiger partial charge is 0.264 e. The van der Waals surface area contributed by atoms with Crippen LogP contribution in [0.2, 0.25) is 5.02 Å². The van der Waals surface area contributed by atoms with Crippen LogP contribution in [-0.2, 0) is 4.74 Å². The van der Waals surface area contributed by atoms with Gasteiger partial charge in [0.05, 0.1) is 25.2 Å². The van der Waals surface area contributed by atoms with E-state index in [9.17, 15) is 4.79 Å². The number of carbonyl (C=O) groups is 1. The van der Waals surface area contributed by atoms with Gasteiger partial charge in [-0.1, -0.05) is 16.8 Å². The maximum atomic E-state index is 12.5. The fraction of sp³-hybridized carbons (Fsp3) is 0.312. The highest BCUT2D eigenvalue weighted by Gasteiger charge is 2.20. The topological polar surface area (TPSA) is 80.0 Å². The van der Waals surface area contributed by atoms with Crippen molar-refractivity contribution in [2.75, 3.05) is 31.6 Å². The van der Waals surface area contributed by atoms with Gasteiger partial charge in [-0.25, -0.2) is 4.99 Å². The number of carbonyl (C=O) groups excluding carboxylic acids is 1. The summed E-state index contributed by atoms with van der Waals surface area (Å²) in [5, 5.41) is 7.23. The van der Waals surface area contributed by atoms with Crippen LogP contribution in [0.1, 0.15) is 16.1 Å². The normalized spacial score (nSPS) is 15.0. The third-order valence-corrected chi connectivity index (χ3v) is 3.81. The molecule has 2 heterocycles. The van der Waals surface area contributed by atoms with Crippen LogP contribution in [0.25, 0.3) is 0 Å². The quantitative estimate of drug-likeness (QED) is 0.678. The van der Waals surface area contributed by atoms with Gasteiger partial charge in [0.25, 0.3) is 11.8 Å². The molecule has 1 saturated heterocycles. The molecular weight excluding hydrogens is 332 g/mol. The lowest BCUT2D eigenvalue weighted by Gasteiger charge is -2.23. The number of anilines is 1. The second-order valence-corrected chi connectivity index (χ2v) is 5.74. The molecule has 1 amide bonds. The molecule has 1 aliphatic heterocycles. The van der Waals surface area contributed by atoms with Gasteiger partial charge in [-0.3, -0.25) is 4.79 Å². The van der Waals surface area contributed by atoms with Crippen LogP contribution in [-0.4, -0.2) is 48.6 Å². The molecule has 1 fully saturated rings. The largest absolute Gasteiger partial charge is 0.378 e. The van der Waals surface area contributed by atoms with Gasteiger partial charge in [-0.15, -0.1) is 0 Å². The lowest BCUT2D eigenvalue weighted by Crippen LogP contribution is -2.35. The number of aliphatic imine (C=N–C) groups is 1. The first-order chi connectivity index (χ1) is 11.6. The van der Waals surface area contributed by atoms with Gasteiger partial charge in [0.2, 0.25) is 0 Å². The van der Waals surface area contributed by atoms with Crippen LogP contribution in [0, 0.1) is 6.92 Å². The lowest BCUT2D eigenvalue weighted by molar-refractivity contribution is 0.0700. The number of nitrogens with zero attached hydrogens (tertiary/aromatic N) is 3. The zero-order valence-corrected chi connectivity index (χ0v) is 13.9. The molecule has 8 heteroatoms. The molecule has 126 valence electrons. The van der Waals surface area contributed by atoms with Crippen molar-refractivity contribution in [3.8, 4) is 0 Å². The summed E-state index contributed by atoms with van der Waals surface area (Å²) in [6.07, 6.45) is 1.65. The third kappa shape index (κ3) is 3.93. The second-order valence-electron chi connectivity index (χ2n) is 5.30. The molecule has 24 heavy (non-hydrogen) atoms. The molecule has 1 aromatic carbocycles. The minimum absolute atomic E-state index is 0.186. The van der Waals surface area contributed by atoms with Crippen LogP contribution in [0.5, 0.6) is 0 Å². The summed E-state index contributed by atoms with van der Waals surface area (Å²) in [5.41, 5.74) is 1.43. The van der Waals surface area contributed by atoms with E-state index < -0.39 is 0 Å². The molecule has 7 nitrogen and oxygen atoms in total. The molecule has 1 aliphatic rings. The summed E-state index contributed by atoms with van der Waals surface area (Å²) in [4.78, 5) is 18.8. The van der Waals surface area contributed by atoms with E-state index in [1.165, 1.54) is 0 Å². The van der Waals surface area contributed by atoms with Gasteiger partial charge < -0.3 is 19.5 Å². The molecule has 0 radical (unpaired) electrons. The Kier molecular flexibility index (Phi) is 5.12. The maximum Gasteiger partial charge on any atom is 0.264 e. The first kappa shape index (κ1) is 16.5. The summed E-state index contributed by atoms with van der Waals surface area (Å²) in [6, 6.07) is 6.85. The molecule has 0 unspecified atom stereocenters. The van der Waals surface area contributed by atoms with E-state index in [1.54, 1.807) is 37.5 Å². The highest BCUT2D eigenvalue weighted by Crippen LogP contribution is 2.24. The van der Waals surface area contributed by atoms with E-state index >= 15 is 0 Å². The predicted molar refractivity (Wildman–Crippen MR) is 91.2 cm³/mol. The first-order valence-electron chi connectivity index (χ1n) is 7.52. The Morgan fingerprint density at radius 3 is 2.75 bits per heavy atom. The molecule has 0 aliphatic carbocycles. The Bertz CT molecular complexity index is 736. The van der Waals surface area contributed by atoms with Gasteiger partial charge in [0.15, 0.2) is 0 Å². The molecule has 2 aromatic rings. The average molecular weight is 349 g/mol. The molecule has 0 saturated carbocycles. The minimum Gasteiger partial charge on any atom is -0.378 e. The number of halogens is 1. The van der Waals surface area contributed by atoms with Gasteiger partial charge >= 0.3 is 0 Å². The molecule has 1 N–H and O–H groups in total. The molecule has 0 atom stereocenters. The molecule has 1 aromatic heterocycles. The van der Waals surface area contributed by atoms with E-state index in [0.29, 0.717) is 35.2 Å². The molecule has 3 rings (SSSR count). The van der Waals surface area contributed by atoms with E-state index in [-0.39, 0.29) is 11.8 Å². The molecular formula is C16H17ClN4O3. The van der Waals surface area contributed by atoms with Gasteiger partial charge in [-0.2, -0.15) is 0 Å². The van der Waals surface area contributed by atoms with Gasteiger partial charge in [0.1, 0.15) is 5.56 Å². The fourth-order valence-electron chi connectivity index (χ4n) is 2.26. The Hall–Kier alpha value is -2.38. The minimum atomic E-state index is -0.329. The van der Waals surface area contributed by atoms with Crippen molar-refractivity contribution in [2.45, 2.75) is 6.92 Å². The van der Waals surface area contributed by atoms with E-state index in [4.69, 9.17) is 20.9 Å².